The predicted molar refractivity (Wildman–Crippen MR) is 321 cm³/mol. The third-order valence-corrected chi connectivity index (χ3v) is 18.4. The Morgan fingerprint density at radius 3 is 1.25 bits per heavy atom. The highest BCUT2D eigenvalue weighted by molar-refractivity contribution is 6.01. The van der Waals surface area contributed by atoms with Crippen molar-refractivity contribution in [2.45, 2.75) is 62.2 Å². The molecule has 77 heavy (non-hydrogen) atoms. The van der Waals surface area contributed by atoms with Crippen LogP contribution in [0.5, 0.6) is 0 Å². The molecule has 4 aliphatic carbocycles. The third kappa shape index (κ3) is 6.41. The predicted octanol–water partition coefficient (Wildman–Crippen LogP) is 19.5. The first-order valence-corrected chi connectivity index (χ1v) is 27.6. The number of hydrogen-bond acceptors (Lipinski definition) is 1. The van der Waals surface area contributed by atoms with Gasteiger partial charge in [-0.3, -0.25) is 0 Å². The van der Waals surface area contributed by atoms with Gasteiger partial charge in [0.25, 0.3) is 0 Å². The molecule has 11 aromatic rings. The van der Waals surface area contributed by atoms with E-state index >= 15 is 0 Å². The highest BCUT2D eigenvalue weighted by atomic mass is 15.1. The zero-order valence-corrected chi connectivity index (χ0v) is 44.2. The smallest absolute Gasteiger partial charge is 0.0726 e. The summed E-state index contributed by atoms with van der Waals surface area (Å²) in [4.78, 5) is 2.56. The molecule has 1 heteroatoms. The van der Waals surface area contributed by atoms with Crippen molar-refractivity contribution in [2.24, 2.45) is 0 Å². The number of benzene rings is 11. The molecule has 368 valence electrons. The van der Waals surface area contributed by atoms with Crippen molar-refractivity contribution in [3.05, 3.63) is 316 Å². The number of hydrogen-bond donors (Lipinski definition) is 0. The molecular weight excluding hydrogens is 927 g/mol. The van der Waals surface area contributed by atoms with Crippen LogP contribution in [0, 0.1) is 0 Å². The summed E-state index contributed by atoms with van der Waals surface area (Å²) in [5.74, 6) is 0. The van der Waals surface area contributed by atoms with E-state index in [9.17, 15) is 0 Å². The van der Waals surface area contributed by atoms with Gasteiger partial charge in [0.2, 0.25) is 0 Å². The highest BCUT2D eigenvalue weighted by Gasteiger charge is 2.52. The Kier molecular flexibility index (Phi) is 9.98. The summed E-state index contributed by atoms with van der Waals surface area (Å²) < 4.78 is 0. The highest BCUT2D eigenvalue weighted by Crippen LogP contribution is 2.65. The normalized spacial score (nSPS) is 15.8. The van der Waals surface area contributed by atoms with E-state index < -0.39 is 10.8 Å². The number of fused-ring (bicyclic) bond motifs is 14. The first-order valence-electron chi connectivity index (χ1n) is 27.6. The Morgan fingerprint density at radius 1 is 0.273 bits per heavy atom. The fourth-order valence-electron chi connectivity index (χ4n) is 14.9. The Hall–Kier alpha value is -8.78. The van der Waals surface area contributed by atoms with Crippen LogP contribution in [0.4, 0.5) is 17.1 Å². The molecule has 0 fully saturated rings. The molecule has 0 aliphatic heterocycles. The number of anilines is 3. The molecule has 0 heterocycles. The minimum Gasteiger partial charge on any atom is -0.310 e. The summed E-state index contributed by atoms with van der Waals surface area (Å²) in [6, 6.07) is 99.1. The quantitative estimate of drug-likeness (QED) is 0.154. The second kappa shape index (κ2) is 16.9. The summed E-state index contributed by atoms with van der Waals surface area (Å²) in [5, 5.41) is 0. The summed E-state index contributed by atoms with van der Waals surface area (Å²) in [6.45, 7) is 9.74. The molecule has 1 nitrogen and oxygen atoms in total. The Bertz CT molecular complexity index is 4060. The average Bonchev–Trinajstić information content (AvgIpc) is 4.09. The summed E-state index contributed by atoms with van der Waals surface area (Å²) in [7, 11) is 0. The van der Waals surface area contributed by atoms with Crippen LogP contribution in [0.1, 0.15) is 96.2 Å². The van der Waals surface area contributed by atoms with Crippen molar-refractivity contribution in [2.75, 3.05) is 4.90 Å². The van der Waals surface area contributed by atoms with E-state index in [1.54, 1.807) is 0 Å². The molecule has 1 spiro atoms. The van der Waals surface area contributed by atoms with Gasteiger partial charge in [-0.05, 0) is 166 Å². The number of para-hydroxylation sites is 1. The van der Waals surface area contributed by atoms with Crippen LogP contribution in [0.15, 0.2) is 261 Å². The number of rotatable bonds is 7. The van der Waals surface area contributed by atoms with E-state index in [-0.39, 0.29) is 10.8 Å². The van der Waals surface area contributed by atoms with Crippen molar-refractivity contribution >= 4 is 17.1 Å². The zero-order valence-electron chi connectivity index (χ0n) is 44.2. The lowest BCUT2D eigenvalue weighted by molar-refractivity contribution is 0.333. The van der Waals surface area contributed by atoms with Crippen LogP contribution in [0.2, 0.25) is 0 Å². The molecule has 0 saturated heterocycles. The van der Waals surface area contributed by atoms with Gasteiger partial charge in [-0.1, -0.05) is 252 Å². The van der Waals surface area contributed by atoms with Gasteiger partial charge in [-0.15, -0.1) is 0 Å². The molecule has 4 aliphatic rings. The minimum atomic E-state index is -0.563. The van der Waals surface area contributed by atoms with Gasteiger partial charge in [0, 0.05) is 16.9 Å². The van der Waals surface area contributed by atoms with Gasteiger partial charge in [0.1, 0.15) is 0 Å². The molecule has 0 aromatic heterocycles. The van der Waals surface area contributed by atoms with Crippen molar-refractivity contribution in [1.29, 1.82) is 0 Å². The van der Waals surface area contributed by atoms with Gasteiger partial charge in [-0.2, -0.15) is 0 Å². The second-order valence-corrected chi connectivity index (χ2v) is 23.3. The van der Waals surface area contributed by atoms with Crippen molar-refractivity contribution < 1.29 is 0 Å². The topological polar surface area (TPSA) is 3.24 Å². The van der Waals surface area contributed by atoms with Gasteiger partial charge in [-0.25, -0.2) is 0 Å². The van der Waals surface area contributed by atoms with Crippen molar-refractivity contribution in [3.8, 4) is 55.6 Å². The van der Waals surface area contributed by atoms with E-state index in [1.165, 1.54) is 124 Å². The molecule has 0 saturated carbocycles. The Labute approximate surface area is 453 Å². The van der Waals surface area contributed by atoms with E-state index in [2.05, 4.69) is 293 Å². The first-order chi connectivity index (χ1) is 37.7. The molecule has 15 rings (SSSR count). The molecule has 0 bridgehead atoms. The molecule has 0 radical (unpaired) electrons. The molecule has 11 aromatic carbocycles. The van der Waals surface area contributed by atoms with Crippen LogP contribution >= 0.6 is 0 Å². The third-order valence-electron chi connectivity index (χ3n) is 18.4. The summed E-state index contributed by atoms with van der Waals surface area (Å²) >= 11 is 0. The largest absolute Gasteiger partial charge is 0.310 e. The number of nitrogens with zero attached hydrogens (tertiary/aromatic N) is 1. The fraction of sp³-hybridized carbons (Fsp3) is 0.132. The summed E-state index contributed by atoms with van der Waals surface area (Å²) in [6.07, 6.45) is 2.35. The van der Waals surface area contributed by atoms with Crippen LogP contribution < -0.4 is 4.90 Å². The van der Waals surface area contributed by atoms with Crippen LogP contribution in [-0.4, -0.2) is 0 Å². The van der Waals surface area contributed by atoms with E-state index in [0.717, 1.165) is 17.1 Å². The van der Waals surface area contributed by atoms with Crippen LogP contribution in [0.25, 0.3) is 55.6 Å². The Balaban J connectivity index is 1.02. The monoisotopic (exact) mass is 985 g/mol. The maximum Gasteiger partial charge on any atom is 0.0726 e. The molecule has 0 N–H and O–H groups in total. The van der Waals surface area contributed by atoms with Gasteiger partial charge < -0.3 is 4.90 Å². The molecular formula is C76H59N. The maximum absolute atomic E-state index is 2.59. The van der Waals surface area contributed by atoms with Gasteiger partial charge >= 0.3 is 0 Å². The van der Waals surface area contributed by atoms with Crippen LogP contribution in [0.3, 0.4) is 0 Å². The lowest BCUT2D eigenvalue weighted by atomic mass is 9.61. The van der Waals surface area contributed by atoms with Crippen molar-refractivity contribution in [3.63, 3.8) is 0 Å². The van der Waals surface area contributed by atoms with Crippen LogP contribution in [-0.2, 0) is 21.7 Å². The SMILES string of the molecule is CC1(C)CCC(C)(C)c2c(-c3ccc(-c4cc5c(cc4N(c4ccccc4)c4ccc6c(c4)C(c4ccccc4)(c4ccccc4)c4ccccc4-6)C4(c6ccccc6-c6ccccc64)c4ccccc4-5)cc3)cccc21. The first kappa shape index (κ1) is 45.6. The average molecular weight is 986 g/mol. The van der Waals surface area contributed by atoms with Gasteiger partial charge in [0.15, 0.2) is 0 Å². The fourth-order valence-corrected chi connectivity index (χ4v) is 14.9. The van der Waals surface area contributed by atoms with E-state index in [0.29, 0.717) is 0 Å². The molecule has 0 unspecified atom stereocenters. The van der Waals surface area contributed by atoms with E-state index in [1.807, 2.05) is 0 Å². The molecule has 0 amide bonds. The lowest BCUT2D eigenvalue weighted by Gasteiger charge is -2.43. The maximum atomic E-state index is 2.59. The standard InChI is InChI=1S/C76H59N/c1-73(2)45-46-74(3,4)72-56(33-22-38-68(72)73)50-39-41-51(42-40-50)62-48-63-60-32-17-21-37-67(60)76(65-35-19-15-29-57(65)58-30-16-20-36-66(58)76)70(63)49-71(62)77(54-27-12-7-13-28-54)55-43-44-61-59-31-14-18-34-64(59)75(69(61)47-55,52-23-8-5-9-24-52)53-25-10-6-11-26-53/h5-44,47-49H,45-46H2,1-4H3. The van der Waals surface area contributed by atoms with Crippen molar-refractivity contribution in [1.82, 2.24) is 0 Å². The van der Waals surface area contributed by atoms with Gasteiger partial charge in [0.05, 0.1) is 16.5 Å². The van der Waals surface area contributed by atoms with E-state index in [4.69, 9.17) is 0 Å². The lowest BCUT2D eigenvalue weighted by Crippen LogP contribution is -2.34. The summed E-state index contributed by atoms with van der Waals surface area (Å²) in [5.41, 5.74) is 28.5. The molecule has 0 atom stereocenters. The minimum absolute atomic E-state index is 0.0696. The zero-order chi connectivity index (χ0) is 51.7. The second-order valence-electron chi connectivity index (χ2n) is 23.3. The Morgan fingerprint density at radius 2 is 0.688 bits per heavy atom.